The van der Waals surface area contributed by atoms with Crippen LogP contribution in [-0.2, 0) is 19.6 Å². The highest BCUT2D eigenvalue weighted by Gasteiger charge is 2.10. The molecule has 0 saturated heterocycles. The normalized spacial score (nSPS) is 10.9. The Labute approximate surface area is 149 Å². The standard InChI is InChI=1S/C18H17IN4/c19-18-9-5-8-17(22-18)14-23(12-15-6-1-3-10-20-15)13-16-7-2-4-11-21-16/h1-11H,12-14H2. The molecule has 0 N–H and O–H groups in total. The largest absolute Gasteiger partial charge is 0.286 e. The fourth-order valence-electron chi connectivity index (χ4n) is 2.38. The average Bonchev–Trinajstić information content (AvgIpc) is 2.57. The molecule has 0 spiro atoms. The first-order valence-electron chi connectivity index (χ1n) is 7.43. The lowest BCUT2D eigenvalue weighted by Crippen LogP contribution is -2.24. The van der Waals surface area contributed by atoms with Crippen molar-refractivity contribution in [1.29, 1.82) is 0 Å². The second kappa shape index (κ2) is 8.12. The molecule has 3 aromatic heterocycles. The van der Waals surface area contributed by atoms with Crippen molar-refractivity contribution in [3.05, 3.63) is 87.8 Å². The summed E-state index contributed by atoms with van der Waals surface area (Å²) in [5, 5.41) is 0. The fraction of sp³-hybridized carbons (Fsp3) is 0.167. The Bertz CT molecular complexity index is 693. The second-order valence-corrected chi connectivity index (χ2v) is 6.34. The van der Waals surface area contributed by atoms with Crippen LogP contribution in [0.5, 0.6) is 0 Å². The second-order valence-electron chi connectivity index (χ2n) is 5.24. The van der Waals surface area contributed by atoms with Crippen molar-refractivity contribution in [2.75, 3.05) is 0 Å². The van der Waals surface area contributed by atoms with Crippen LogP contribution >= 0.6 is 22.6 Å². The molecule has 0 amide bonds. The summed E-state index contributed by atoms with van der Waals surface area (Å²) >= 11 is 2.25. The van der Waals surface area contributed by atoms with E-state index in [-0.39, 0.29) is 0 Å². The van der Waals surface area contributed by atoms with E-state index in [0.29, 0.717) is 0 Å². The SMILES string of the molecule is Ic1cccc(CN(Cc2ccccn2)Cc2ccccn2)n1. The van der Waals surface area contributed by atoms with Gasteiger partial charge in [-0.05, 0) is 59.0 Å². The third kappa shape index (κ3) is 5.07. The number of rotatable bonds is 6. The maximum Gasteiger partial charge on any atom is 0.101 e. The van der Waals surface area contributed by atoms with E-state index >= 15 is 0 Å². The molecule has 0 aliphatic rings. The van der Waals surface area contributed by atoms with E-state index in [4.69, 9.17) is 0 Å². The van der Waals surface area contributed by atoms with E-state index in [9.17, 15) is 0 Å². The fourth-order valence-corrected chi connectivity index (χ4v) is 2.89. The summed E-state index contributed by atoms with van der Waals surface area (Å²) < 4.78 is 1.01. The topological polar surface area (TPSA) is 41.9 Å². The molecule has 0 fully saturated rings. The van der Waals surface area contributed by atoms with Crippen molar-refractivity contribution < 1.29 is 0 Å². The zero-order valence-corrected chi connectivity index (χ0v) is 14.8. The molecule has 0 radical (unpaired) electrons. The number of hydrogen-bond donors (Lipinski definition) is 0. The monoisotopic (exact) mass is 416 g/mol. The van der Waals surface area contributed by atoms with Crippen LogP contribution in [0, 0.1) is 3.70 Å². The molecule has 5 heteroatoms. The minimum Gasteiger partial charge on any atom is -0.286 e. The van der Waals surface area contributed by atoms with Gasteiger partial charge in [0, 0.05) is 32.0 Å². The van der Waals surface area contributed by atoms with Crippen molar-refractivity contribution in [2.45, 2.75) is 19.6 Å². The lowest BCUT2D eigenvalue weighted by molar-refractivity contribution is 0.238. The summed E-state index contributed by atoms with van der Waals surface area (Å²) in [5.74, 6) is 0. The molecule has 3 aromatic rings. The van der Waals surface area contributed by atoms with Crippen molar-refractivity contribution in [1.82, 2.24) is 19.9 Å². The van der Waals surface area contributed by atoms with Gasteiger partial charge in [0.25, 0.3) is 0 Å². The molecule has 4 nitrogen and oxygen atoms in total. The van der Waals surface area contributed by atoms with Crippen LogP contribution < -0.4 is 0 Å². The van der Waals surface area contributed by atoms with E-state index in [1.165, 1.54) is 0 Å². The van der Waals surface area contributed by atoms with Gasteiger partial charge in [-0.25, -0.2) is 4.98 Å². The number of hydrogen-bond acceptors (Lipinski definition) is 4. The highest BCUT2D eigenvalue weighted by Crippen LogP contribution is 2.12. The quantitative estimate of drug-likeness (QED) is 0.454. The molecule has 0 aliphatic heterocycles. The van der Waals surface area contributed by atoms with Gasteiger partial charge in [-0.3, -0.25) is 14.9 Å². The van der Waals surface area contributed by atoms with E-state index in [1.54, 1.807) is 0 Å². The molecule has 0 bridgehead atoms. The number of aromatic nitrogens is 3. The summed E-state index contributed by atoms with van der Waals surface area (Å²) in [7, 11) is 0. The van der Waals surface area contributed by atoms with Crippen LogP contribution in [0.15, 0.2) is 67.0 Å². The van der Waals surface area contributed by atoms with Crippen LogP contribution in [0.2, 0.25) is 0 Å². The Hall–Kier alpha value is -1.86. The van der Waals surface area contributed by atoms with Crippen LogP contribution in [0.25, 0.3) is 0 Å². The maximum absolute atomic E-state index is 4.60. The minimum absolute atomic E-state index is 0.768. The lowest BCUT2D eigenvalue weighted by Gasteiger charge is -2.21. The maximum atomic E-state index is 4.60. The van der Waals surface area contributed by atoms with Gasteiger partial charge in [-0.2, -0.15) is 0 Å². The molecule has 23 heavy (non-hydrogen) atoms. The summed E-state index contributed by atoms with van der Waals surface area (Å²) in [6, 6.07) is 18.1. The number of pyridine rings is 3. The number of nitrogens with zero attached hydrogens (tertiary/aromatic N) is 4. The Balaban J connectivity index is 1.77. The molecule has 0 aromatic carbocycles. The highest BCUT2D eigenvalue weighted by molar-refractivity contribution is 14.1. The molecular formula is C18H17IN4. The molecule has 0 atom stereocenters. The van der Waals surface area contributed by atoms with Crippen LogP contribution in [-0.4, -0.2) is 19.9 Å². The Morgan fingerprint density at radius 2 is 1.26 bits per heavy atom. The van der Waals surface area contributed by atoms with E-state index in [1.807, 2.05) is 60.9 Å². The van der Waals surface area contributed by atoms with Crippen molar-refractivity contribution in [2.24, 2.45) is 0 Å². The molecule has 0 saturated carbocycles. The molecule has 3 rings (SSSR count). The van der Waals surface area contributed by atoms with Gasteiger partial charge in [0.2, 0.25) is 0 Å². The highest BCUT2D eigenvalue weighted by atomic mass is 127. The van der Waals surface area contributed by atoms with Gasteiger partial charge in [-0.15, -0.1) is 0 Å². The van der Waals surface area contributed by atoms with Crippen LogP contribution in [0.3, 0.4) is 0 Å². The first kappa shape index (κ1) is 16.0. The predicted molar refractivity (Wildman–Crippen MR) is 98.4 cm³/mol. The lowest BCUT2D eigenvalue weighted by atomic mass is 10.2. The molecular weight excluding hydrogens is 399 g/mol. The summed E-state index contributed by atoms with van der Waals surface area (Å²) in [5.41, 5.74) is 3.16. The van der Waals surface area contributed by atoms with Gasteiger partial charge in [0.05, 0.1) is 17.1 Å². The van der Waals surface area contributed by atoms with Gasteiger partial charge in [0.1, 0.15) is 3.70 Å². The van der Waals surface area contributed by atoms with E-state index in [0.717, 1.165) is 40.4 Å². The smallest absolute Gasteiger partial charge is 0.101 e. The first-order valence-corrected chi connectivity index (χ1v) is 8.51. The third-order valence-electron chi connectivity index (χ3n) is 3.38. The summed E-state index contributed by atoms with van der Waals surface area (Å²) in [6.07, 6.45) is 3.66. The van der Waals surface area contributed by atoms with Gasteiger partial charge >= 0.3 is 0 Å². The zero-order chi connectivity index (χ0) is 15.9. The molecule has 116 valence electrons. The first-order chi connectivity index (χ1) is 11.3. The van der Waals surface area contributed by atoms with E-state index in [2.05, 4.69) is 48.5 Å². The summed E-state index contributed by atoms with van der Waals surface area (Å²) in [4.78, 5) is 15.8. The van der Waals surface area contributed by atoms with Crippen LogP contribution in [0.1, 0.15) is 17.1 Å². The van der Waals surface area contributed by atoms with Gasteiger partial charge in [0.15, 0.2) is 0 Å². The molecule has 0 aliphatic carbocycles. The zero-order valence-electron chi connectivity index (χ0n) is 12.6. The Morgan fingerprint density at radius 3 is 1.78 bits per heavy atom. The van der Waals surface area contributed by atoms with Crippen LogP contribution in [0.4, 0.5) is 0 Å². The molecule has 0 unspecified atom stereocenters. The van der Waals surface area contributed by atoms with Crippen molar-refractivity contribution >= 4 is 22.6 Å². The molecule has 3 heterocycles. The van der Waals surface area contributed by atoms with Gasteiger partial charge in [-0.1, -0.05) is 18.2 Å². The van der Waals surface area contributed by atoms with Crippen molar-refractivity contribution in [3.8, 4) is 0 Å². The van der Waals surface area contributed by atoms with Crippen molar-refractivity contribution in [3.63, 3.8) is 0 Å². The minimum atomic E-state index is 0.768. The summed E-state index contributed by atoms with van der Waals surface area (Å²) in [6.45, 7) is 2.30. The predicted octanol–water partition coefficient (Wildman–Crippen LogP) is 3.68. The Morgan fingerprint density at radius 1 is 0.696 bits per heavy atom. The van der Waals surface area contributed by atoms with Gasteiger partial charge < -0.3 is 0 Å². The van der Waals surface area contributed by atoms with E-state index < -0.39 is 0 Å². The Kier molecular flexibility index (Phi) is 5.65. The number of halogens is 1. The average molecular weight is 416 g/mol. The third-order valence-corrected chi connectivity index (χ3v) is 3.98.